The number of hydrogen-bond acceptors (Lipinski definition) is 3. The van der Waals surface area contributed by atoms with Crippen molar-refractivity contribution < 1.29 is 19.4 Å². The van der Waals surface area contributed by atoms with Gasteiger partial charge in [-0.15, -0.1) is 0 Å². The fraction of sp³-hybridized carbons (Fsp3) is 0.357. The van der Waals surface area contributed by atoms with Gasteiger partial charge in [-0.2, -0.15) is 0 Å². The zero-order valence-electron chi connectivity index (χ0n) is 10.9. The van der Waals surface area contributed by atoms with Gasteiger partial charge in [-0.1, -0.05) is 13.0 Å². The van der Waals surface area contributed by atoms with Gasteiger partial charge in [0.25, 0.3) is 0 Å². The minimum atomic E-state index is -0.845. The van der Waals surface area contributed by atoms with E-state index >= 15 is 0 Å². The summed E-state index contributed by atoms with van der Waals surface area (Å²) in [5.41, 5.74) is 1.81. The molecule has 0 saturated heterocycles. The molecule has 1 N–H and O–H groups in total. The van der Waals surface area contributed by atoms with Gasteiger partial charge in [0.05, 0.1) is 20.6 Å². The van der Waals surface area contributed by atoms with Crippen molar-refractivity contribution in [3.05, 3.63) is 29.8 Å². The van der Waals surface area contributed by atoms with Crippen molar-refractivity contribution in [1.29, 1.82) is 0 Å². The third-order valence-electron chi connectivity index (χ3n) is 2.66. The molecule has 0 bridgehead atoms. The summed E-state index contributed by atoms with van der Waals surface area (Å²) < 4.78 is 10.5. The van der Waals surface area contributed by atoms with Crippen molar-refractivity contribution in [2.45, 2.75) is 19.8 Å². The standard InChI is InChI=1S/C14H18O4/c1-4-10(5-8-14(15)16)12-9-11(17-2)6-7-13(12)18-3/h5-7,9H,4,8H2,1-3H3,(H,15,16)/b10-5+. The van der Waals surface area contributed by atoms with Gasteiger partial charge in [-0.25, -0.2) is 0 Å². The maximum Gasteiger partial charge on any atom is 0.307 e. The molecule has 0 heterocycles. The highest BCUT2D eigenvalue weighted by Crippen LogP contribution is 2.31. The van der Waals surface area contributed by atoms with Gasteiger partial charge in [-0.05, 0) is 30.2 Å². The van der Waals surface area contributed by atoms with Crippen molar-refractivity contribution in [3.8, 4) is 11.5 Å². The predicted molar refractivity (Wildman–Crippen MR) is 70.1 cm³/mol. The molecule has 18 heavy (non-hydrogen) atoms. The summed E-state index contributed by atoms with van der Waals surface area (Å²) in [6.07, 6.45) is 2.44. The highest BCUT2D eigenvalue weighted by molar-refractivity contribution is 5.76. The van der Waals surface area contributed by atoms with Crippen molar-refractivity contribution in [2.24, 2.45) is 0 Å². The highest BCUT2D eigenvalue weighted by atomic mass is 16.5. The molecule has 0 aliphatic heterocycles. The summed E-state index contributed by atoms with van der Waals surface area (Å²) in [5, 5.41) is 8.73. The molecule has 0 saturated carbocycles. The van der Waals surface area contributed by atoms with Gasteiger partial charge in [0, 0.05) is 5.56 Å². The van der Waals surface area contributed by atoms with Gasteiger partial charge in [0.2, 0.25) is 0 Å². The van der Waals surface area contributed by atoms with Gasteiger partial charge < -0.3 is 14.6 Å². The first kappa shape index (κ1) is 14.1. The van der Waals surface area contributed by atoms with Gasteiger partial charge in [0.15, 0.2) is 0 Å². The van der Waals surface area contributed by atoms with Crippen LogP contribution in [0.25, 0.3) is 5.57 Å². The minimum absolute atomic E-state index is 0.00351. The number of methoxy groups -OCH3 is 2. The zero-order chi connectivity index (χ0) is 13.5. The smallest absolute Gasteiger partial charge is 0.307 e. The van der Waals surface area contributed by atoms with Crippen molar-refractivity contribution in [1.82, 2.24) is 0 Å². The van der Waals surface area contributed by atoms with Gasteiger partial charge >= 0.3 is 5.97 Å². The normalized spacial score (nSPS) is 11.2. The minimum Gasteiger partial charge on any atom is -0.497 e. The first-order valence-electron chi connectivity index (χ1n) is 5.75. The molecule has 0 aromatic heterocycles. The van der Waals surface area contributed by atoms with Crippen LogP contribution in [0.3, 0.4) is 0 Å². The monoisotopic (exact) mass is 250 g/mol. The summed E-state index contributed by atoms with van der Waals surface area (Å²) in [5.74, 6) is 0.595. The fourth-order valence-electron chi connectivity index (χ4n) is 1.72. The van der Waals surface area contributed by atoms with Crippen LogP contribution in [0, 0.1) is 0 Å². The lowest BCUT2D eigenvalue weighted by molar-refractivity contribution is -0.135. The number of rotatable bonds is 6. The molecule has 4 nitrogen and oxygen atoms in total. The summed E-state index contributed by atoms with van der Waals surface area (Å²) in [6.45, 7) is 1.98. The second kappa shape index (κ2) is 6.69. The van der Waals surface area contributed by atoms with E-state index in [4.69, 9.17) is 14.6 Å². The number of ether oxygens (including phenoxy) is 2. The van der Waals surface area contributed by atoms with Crippen LogP contribution < -0.4 is 9.47 Å². The third kappa shape index (κ3) is 3.52. The largest absolute Gasteiger partial charge is 0.497 e. The lowest BCUT2D eigenvalue weighted by atomic mass is 10.0. The number of benzene rings is 1. The first-order chi connectivity index (χ1) is 8.62. The number of carboxylic acid groups (broad SMARTS) is 1. The molecule has 98 valence electrons. The van der Waals surface area contributed by atoms with Crippen LogP contribution in [0.4, 0.5) is 0 Å². The Morgan fingerprint density at radius 2 is 2.06 bits per heavy atom. The predicted octanol–water partition coefficient (Wildman–Crippen LogP) is 2.97. The molecule has 0 atom stereocenters. The molecule has 0 amide bonds. The summed E-state index contributed by atoms with van der Waals surface area (Å²) >= 11 is 0. The second-order valence-electron chi connectivity index (χ2n) is 3.75. The Morgan fingerprint density at radius 1 is 1.33 bits per heavy atom. The molecule has 4 heteroatoms. The molecule has 1 aromatic rings. The topological polar surface area (TPSA) is 55.8 Å². The van der Waals surface area contributed by atoms with Crippen molar-refractivity contribution >= 4 is 11.5 Å². The zero-order valence-corrected chi connectivity index (χ0v) is 10.9. The van der Waals surface area contributed by atoms with Crippen LogP contribution in [0.1, 0.15) is 25.3 Å². The lowest BCUT2D eigenvalue weighted by Crippen LogP contribution is -1.96. The molecule has 1 aromatic carbocycles. The van der Waals surface area contributed by atoms with E-state index in [1.54, 1.807) is 20.3 Å². The molecule has 0 fully saturated rings. The van der Waals surface area contributed by atoms with Crippen molar-refractivity contribution in [2.75, 3.05) is 14.2 Å². The van der Waals surface area contributed by atoms with Gasteiger partial charge in [-0.3, -0.25) is 4.79 Å². The Bertz CT molecular complexity index is 449. The number of hydrogen-bond donors (Lipinski definition) is 1. The van der Waals surface area contributed by atoms with Crippen LogP contribution in [0.5, 0.6) is 11.5 Å². The van der Waals surface area contributed by atoms with Crippen LogP contribution >= 0.6 is 0 Å². The van der Waals surface area contributed by atoms with E-state index < -0.39 is 5.97 Å². The maximum atomic E-state index is 10.6. The molecule has 0 aliphatic carbocycles. The Labute approximate surface area is 107 Å². The summed E-state index contributed by atoms with van der Waals surface area (Å²) in [6, 6.07) is 5.49. The Morgan fingerprint density at radius 3 is 2.56 bits per heavy atom. The van der Waals surface area contributed by atoms with E-state index in [1.807, 2.05) is 25.1 Å². The van der Waals surface area contributed by atoms with E-state index in [0.29, 0.717) is 5.75 Å². The van der Waals surface area contributed by atoms with E-state index in [1.165, 1.54) is 0 Å². The summed E-state index contributed by atoms with van der Waals surface area (Å²) in [4.78, 5) is 10.6. The molecule has 0 radical (unpaired) electrons. The number of allylic oxidation sites excluding steroid dienone is 1. The van der Waals surface area contributed by atoms with Crippen LogP contribution in [0.2, 0.25) is 0 Å². The van der Waals surface area contributed by atoms with E-state index in [-0.39, 0.29) is 6.42 Å². The number of carbonyl (C=O) groups is 1. The number of carboxylic acids is 1. The van der Waals surface area contributed by atoms with Crippen LogP contribution in [-0.2, 0) is 4.79 Å². The molecular formula is C14H18O4. The molecule has 0 unspecified atom stereocenters. The lowest BCUT2D eigenvalue weighted by Gasteiger charge is -2.12. The Hall–Kier alpha value is -1.97. The van der Waals surface area contributed by atoms with E-state index in [2.05, 4.69) is 0 Å². The summed E-state index contributed by atoms with van der Waals surface area (Å²) in [7, 11) is 3.19. The van der Waals surface area contributed by atoms with Crippen LogP contribution in [0.15, 0.2) is 24.3 Å². The quantitative estimate of drug-likeness (QED) is 0.843. The SMILES string of the molecule is CC/C(=C\CC(=O)O)c1cc(OC)ccc1OC. The molecule has 0 aliphatic rings. The van der Waals surface area contributed by atoms with E-state index in [9.17, 15) is 4.79 Å². The molecule has 0 spiro atoms. The van der Waals surface area contributed by atoms with Crippen LogP contribution in [-0.4, -0.2) is 25.3 Å². The third-order valence-corrected chi connectivity index (χ3v) is 2.66. The Kier molecular flexibility index (Phi) is 5.24. The first-order valence-corrected chi connectivity index (χ1v) is 5.75. The van der Waals surface area contributed by atoms with Gasteiger partial charge in [0.1, 0.15) is 11.5 Å². The molecular weight excluding hydrogens is 232 g/mol. The Balaban J connectivity index is 3.17. The molecule has 1 rings (SSSR count). The average Bonchev–Trinajstić information content (AvgIpc) is 2.38. The van der Waals surface area contributed by atoms with E-state index in [0.717, 1.165) is 23.3 Å². The fourth-order valence-corrected chi connectivity index (χ4v) is 1.72. The highest BCUT2D eigenvalue weighted by Gasteiger charge is 2.09. The maximum absolute atomic E-state index is 10.6. The van der Waals surface area contributed by atoms with Crippen molar-refractivity contribution in [3.63, 3.8) is 0 Å². The number of aliphatic carboxylic acids is 1. The average molecular weight is 250 g/mol. The second-order valence-corrected chi connectivity index (χ2v) is 3.75.